The Morgan fingerprint density at radius 1 is 1.09 bits per heavy atom. The molecule has 12 heteroatoms. The lowest BCUT2D eigenvalue weighted by Gasteiger charge is -2.40. The number of methoxy groups -OCH3 is 1. The highest BCUT2D eigenvalue weighted by Gasteiger charge is 2.46. The van der Waals surface area contributed by atoms with Gasteiger partial charge in [0.1, 0.15) is 17.6 Å². The molecule has 0 atom stereocenters. The Balaban J connectivity index is 1.26. The number of aryl methyl sites for hydroxylation is 1. The molecule has 2 amide bonds. The van der Waals surface area contributed by atoms with Gasteiger partial charge in [0.05, 0.1) is 19.0 Å². The van der Waals surface area contributed by atoms with Crippen LogP contribution in [0.4, 0.5) is 5.82 Å². The Kier molecular flexibility index (Phi) is 7.81. The fraction of sp³-hybridized carbons (Fsp3) is 0.344. The van der Waals surface area contributed by atoms with Gasteiger partial charge in [-0.3, -0.25) is 9.59 Å². The zero-order valence-electron chi connectivity index (χ0n) is 24.5. The average Bonchev–Trinajstić information content (AvgIpc) is 3.64. The maximum Gasteiger partial charge on any atom is 0.328 e. The predicted molar refractivity (Wildman–Crippen MR) is 163 cm³/mol. The van der Waals surface area contributed by atoms with Crippen LogP contribution in [0.3, 0.4) is 0 Å². The van der Waals surface area contributed by atoms with Crippen molar-refractivity contribution in [3.8, 4) is 17.1 Å². The van der Waals surface area contributed by atoms with E-state index in [0.29, 0.717) is 24.3 Å². The molecule has 0 radical (unpaired) electrons. The molecule has 3 N–H and O–H groups in total. The maximum atomic E-state index is 13.6. The van der Waals surface area contributed by atoms with Crippen LogP contribution < -0.4 is 15.4 Å². The fourth-order valence-corrected chi connectivity index (χ4v) is 6.33. The molecule has 44 heavy (non-hydrogen) atoms. The molecular formula is C32H33N7O5. The summed E-state index contributed by atoms with van der Waals surface area (Å²) in [7, 11) is 3.38. The number of carbonyl (C=O) groups excluding carboxylic acids is 2. The number of amides is 2. The molecule has 226 valence electrons. The lowest BCUT2D eigenvalue weighted by molar-refractivity contribution is -0.131. The number of aromatic nitrogens is 5. The van der Waals surface area contributed by atoms with Crippen LogP contribution in [-0.2, 0) is 16.6 Å². The summed E-state index contributed by atoms with van der Waals surface area (Å²) in [6.07, 6.45) is 15.0. The van der Waals surface area contributed by atoms with Crippen molar-refractivity contribution >= 4 is 40.6 Å². The number of rotatable bonds is 9. The van der Waals surface area contributed by atoms with Crippen molar-refractivity contribution in [2.75, 3.05) is 12.4 Å². The van der Waals surface area contributed by atoms with Crippen LogP contribution in [0, 0.1) is 0 Å². The predicted octanol–water partition coefficient (Wildman–Crippen LogP) is 4.48. The molecule has 0 unspecified atom stereocenters. The van der Waals surface area contributed by atoms with Crippen LogP contribution in [0.15, 0.2) is 49.2 Å². The molecule has 2 aliphatic carbocycles. The van der Waals surface area contributed by atoms with E-state index < -0.39 is 17.4 Å². The number of nitrogens with one attached hydrogen (secondary N) is 2. The molecule has 12 nitrogen and oxygen atoms in total. The van der Waals surface area contributed by atoms with Crippen molar-refractivity contribution in [3.05, 3.63) is 66.0 Å². The second-order valence-electron chi connectivity index (χ2n) is 11.3. The molecule has 4 aromatic rings. The Hall–Kier alpha value is -5.13. The van der Waals surface area contributed by atoms with Gasteiger partial charge < -0.3 is 25.0 Å². The minimum atomic E-state index is -1.14. The minimum Gasteiger partial charge on any atom is -0.479 e. The van der Waals surface area contributed by atoms with Crippen molar-refractivity contribution in [2.45, 2.75) is 56.4 Å². The number of anilines is 1. The summed E-state index contributed by atoms with van der Waals surface area (Å²) < 4.78 is 7.33. The first-order valence-corrected chi connectivity index (χ1v) is 14.6. The van der Waals surface area contributed by atoms with E-state index in [4.69, 9.17) is 9.84 Å². The number of carboxylic acid groups (broad SMARTS) is 1. The van der Waals surface area contributed by atoms with Crippen LogP contribution in [0.5, 0.6) is 5.88 Å². The first kappa shape index (κ1) is 29.0. The Labute approximate surface area is 253 Å². The van der Waals surface area contributed by atoms with E-state index in [0.717, 1.165) is 47.5 Å². The molecule has 6 rings (SSSR count). The standard InChI is InChI=1S/C32H33N7O5/c1-39-24-14-20(8-9-22(24)27(19-6-3-4-7-19)28(39)21-15-33-18-34-16-21)29(42)38-32(12-5-13-32)31(43)37-25-17-35-23(10-11-26(40)41)30(36-25)44-2/h8-11,14-19H,3-7,12-13H2,1-2H3,(H,38,42)(H,40,41)(H,36,37,43)/b11-10+. The number of hydrogen-bond acceptors (Lipinski definition) is 8. The van der Waals surface area contributed by atoms with Crippen LogP contribution in [0.25, 0.3) is 28.2 Å². The third-order valence-corrected chi connectivity index (χ3v) is 8.68. The number of carbonyl (C=O) groups is 3. The summed E-state index contributed by atoms with van der Waals surface area (Å²) in [5, 5.41) is 15.7. The van der Waals surface area contributed by atoms with Crippen LogP contribution in [-0.4, -0.2) is 60.0 Å². The molecule has 2 saturated carbocycles. The molecule has 0 spiro atoms. The van der Waals surface area contributed by atoms with E-state index >= 15 is 0 Å². The maximum absolute atomic E-state index is 13.6. The van der Waals surface area contributed by atoms with Crippen molar-refractivity contribution in [1.82, 2.24) is 29.8 Å². The molecule has 2 fully saturated rings. The molecule has 0 saturated heterocycles. The number of carboxylic acids is 1. The zero-order valence-corrected chi connectivity index (χ0v) is 24.5. The normalized spacial score (nSPS) is 16.1. The van der Waals surface area contributed by atoms with Gasteiger partial charge in [0.2, 0.25) is 5.88 Å². The van der Waals surface area contributed by atoms with E-state index in [-0.39, 0.29) is 23.3 Å². The highest BCUT2D eigenvalue weighted by atomic mass is 16.5. The molecule has 0 aliphatic heterocycles. The number of aliphatic carboxylic acids is 1. The van der Waals surface area contributed by atoms with Gasteiger partial charge in [0.15, 0.2) is 5.82 Å². The van der Waals surface area contributed by atoms with Crippen LogP contribution in [0.1, 0.15) is 72.5 Å². The highest BCUT2D eigenvalue weighted by molar-refractivity contribution is 6.06. The van der Waals surface area contributed by atoms with Gasteiger partial charge in [-0.2, -0.15) is 4.98 Å². The topological polar surface area (TPSA) is 161 Å². The third-order valence-electron chi connectivity index (χ3n) is 8.68. The number of nitrogens with zero attached hydrogens (tertiary/aromatic N) is 5. The summed E-state index contributed by atoms with van der Waals surface area (Å²) >= 11 is 0. The largest absolute Gasteiger partial charge is 0.479 e. The highest BCUT2D eigenvalue weighted by Crippen LogP contribution is 2.44. The molecule has 2 aliphatic rings. The summed E-state index contributed by atoms with van der Waals surface area (Å²) in [5.41, 5.74) is 3.79. The van der Waals surface area contributed by atoms with E-state index in [1.165, 1.54) is 44.1 Å². The van der Waals surface area contributed by atoms with Crippen LogP contribution >= 0.6 is 0 Å². The quantitative estimate of drug-likeness (QED) is 0.237. The van der Waals surface area contributed by atoms with Gasteiger partial charge in [-0.1, -0.05) is 18.9 Å². The van der Waals surface area contributed by atoms with Gasteiger partial charge in [0.25, 0.3) is 11.8 Å². The molecule has 3 heterocycles. The number of hydrogen-bond donors (Lipinski definition) is 3. The SMILES string of the molecule is COc1nc(NC(=O)C2(NC(=O)c3ccc4c(C5CCCC5)c(-c5cncnc5)n(C)c4c3)CCC2)cnc1/C=C/C(=O)O. The van der Waals surface area contributed by atoms with Gasteiger partial charge in [-0.25, -0.2) is 19.7 Å². The van der Waals surface area contributed by atoms with E-state index in [1.54, 1.807) is 0 Å². The monoisotopic (exact) mass is 595 g/mol. The van der Waals surface area contributed by atoms with Crippen molar-refractivity contribution < 1.29 is 24.2 Å². The number of benzene rings is 1. The molecule has 0 bridgehead atoms. The van der Waals surface area contributed by atoms with Gasteiger partial charge in [0, 0.05) is 47.5 Å². The molecule has 1 aromatic carbocycles. The lowest BCUT2D eigenvalue weighted by Crippen LogP contribution is -2.61. The van der Waals surface area contributed by atoms with Gasteiger partial charge >= 0.3 is 5.97 Å². The minimum absolute atomic E-state index is 0.0567. The first-order valence-electron chi connectivity index (χ1n) is 14.6. The van der Waals surface area contributed by atoms with Gasteiger partial charge in [-0.05, 0) is 61.8 Å². The average molecular weight is 596 g/mol. The summed E-state index contributed by atoms with van der Waals surface area (Å²) in [4.78, 5) is 54.9. The Morgan fingerprint density at radius 3 is 2.50 bits per heavy atom. The molecule has 3 aromatic heterocycles. The van der Waals surface area contributed by atoms with Crippen molar-refractivity contribution in [1.29, 1.82) is 0 Å². The second-order valence-corrected chi connectivity index (χ2v) is 11.3. The second kappa shape index (κ2) is 11.9. The summed E-state index contributed by atoms with van der Waals surface area (Å²) in [6, 6.07) is 5.73. The van der Waals surface area contributed by atoms with Crippen LogP contribution in [0.2, 0.25) is 0 Å². The van der Waals surface area contributed by atoms with Gasteiger partial charge in [-0.15, -0.1) is 0 Å². The Morgan fingerprint density at radius 2 is 1.84 bits per heavy atom. The first-order chi connectivity index (χ1) is 21.3. The Bertz CT molecular complexity index is 1770. The fourth-order valence-electron chi connectivity index (χ4n) is 6.33. The summed E-state index contributed by atoms with van der Waals surface area (Å²) in [5.74, 6) is -1.27. The smallest absolute Gasteiger partial charge is 0.328 e. The third kappa shape index (κ3) is 5.38. The molecular weight excluding hydrogens is 562 g/mol. The van der Waals surface area contributed by atoms with E-state index in [2.05, 4.69) is 35.1 Å². The van der Waals surface area contributed by atoms with Crippen molar-refractivity contribution in [2.24, 2.45) is 7.05 Å². The lowest BCUT2D eigenvalue weighted by atomic mass is 9.75. The summed E-state index contributed by atoms with van der Waals surface area (Å²) in [6.45, 7) is 0. The van der Waals surface area contributed by atoms with Crippen molar-refractivity contribution in [3.63, 3.8) is 0 Å². The van der Waals surface area contributed by atoms with E-state index in [9.17, 15) is 14.4 Å². The zero-order chi connectivity index (χ0) is 30.8. The number of ether oxygens (including phenoxy) is 1. The number of fused-ring (bicyclic) bond motifs is 1. The van der Waals surface area contributed by atoms with E-state index in [1.807, 2.05) is 37.6 Å².